The fraction of sp³-hybridized carbons (Fsp3) is 0.600. The quantitative estimate of drug-likeness (QED) is 0.716. The van der Waals surface area contributed by atoms with Gasteiger partial charge in [0.2, 0.25) is 0 Å². The van der Waals surface area contributed by atoms with Crippen molar-refractivity contribution in [3.8, 4) is 0 Å². The number of hydrogen-bond acceptors (Lipinski definition) is 2. The Kier molecular flexibility index (Phi) is 6.14. The van der Waals surface area contributed by atoms with Crippen molar-refractivity contribution in [2.24, 2.45) is 0 Å². The van der Waals surface area contributed by atoms with E-state index in [0.717, 1.165) is 29.6 Å². The van der Waals surface area contributed by atoms with Crippen LogP contribution in [0.25, 0.3) is 0 Å². The molecule has 19 heavy (non-hydrogen) atoms. The lowest BCUT2D eigenvalue weighted by Crippen LogP contribution is -2.29. The molecule has 0 bridgehead atoms. The Bertz CT molecular complexity index is 382. The summed E-state index contributed by atoms with van der Waals surface area (Å²) in [7, 11) is 1.79. The molecule has 0 aromatic heterocycles. The van der Waals surface area contributed by atoms with E-state index in [2.05, 4.69) is 15.9 Å². The topological polar surface area (TPSA) is 18.5 Å². The predicted molar refractivity (Wildman–Crippen MR) is 82.1 cm³/mol. The molecular weight excluding hydrogens is 328 g/mol. The Labute approximate surface area is 128 Å². The molecule has 1 aliphatic rings. The fourth-order valence-electron chi connectivity index (χ4n) is 2.55. The second kappa shape index (κ2) is 7.63. The van der Waals surface area contributed by atoms with E-state index < -0.39 is 0 Å². The SMILES string of the molecule is COC1CCCC(OC(CBr)c2ccc(Cl)cc2)C1. The van der Waals surface area contributed by atoms with Crippen LogP contribution in [0.15, 0.2) is 24.3 Å². The van der Waals surface area contributed by atoms with Gasteiger partial charge in [-0.1, -0.05) is 39.7 Å². The highest BCUT2D eigenvalue weighted by molar-refractivity contribution is 9.09. The van der Waals surface area contributed by atoms with Gasteiger partial charge in [-0.2, -0.15) is 0 Å². The zero-order valence-corrected chi connectivity index (χ0v) is 13.5. The molecule has 0 amide bonds. The van der Waals surface area contributed by atoms with E-state index in [-0.39, 0.29) is 12.2 Å². The van der Waals surface area contributed by atoms with Crippen LogP contribution in [-0.2, 0) is 9.47 Å². The Morgan fingerprint density at radius 2 is 1.95 bits per heavy atom. The van der Waals surface area contributed by atoms with Crippen LogP contribution >= 0.6 is 27.5 Å². The Hall–Kier alpha value is -0.0900. The lowest BCUT2D eigenvalue weighted by Gasteiger charge is -2.31. The standard InChI is InChI=1S/C15H20BrClO2/c1-18-13-3-2-4-14(9-13)19-15(10-16)11-5-7-12(17)8-6-11/h5-8,13-15H,2-4,9-10H2,1H3. The first-order valence-electron chi connectivity index (χ1n) is 6.72. The summed E-state index contributed by atoms with van der Waals surface area (Å²) in [5.74, 6) is 0. The van der Waals surface area contributed by atoms with E-state index in [4.69, 9.17) is 21.1 Å². The van der Waals surface area contributed by atoms with Gasteiger partial charge in [-0.25, -0.2) is 0 Å². The second-order valence-electron chi connectivity index (χ2n) is 4.98. The highest BCUT2D eigenvalue weighted by atomic mass is 79.9. The van der Waals surface area contributed by atoms with E-state index in [1.807, 2.05) is 24.3 Å². The van der Waals surface area contributed by atoms with Crippen LogP contribution < -0.4 is 0 Å². The van der Waals surface area contributed by atoms with Gasteiger partial charge >= 0.3 is 0 Å². The zero-order valence-electron chi connectivity index (χ0n) is 11.1. The largest absolute Gasteiger partial charge is 0.381 e. The smallest absolute Gasteiger partial charge is 0.0925 e. The number of hydrogen-bond donors (Lipinski definition) is 0. The van der Waals surface area contributed by atoms with Crippen LogP contribution in [0.3, 0.4) is 0 Å². The summed E-state index contributed by atoms with van der Waals surface area (Å²) in [6.45, 7) is 0. The molecule has 2 rings (SSSR count). The molecular formula is C15H20BrClO2. The van der Waals surface area contributed by atoms with Gasteiger partial charge in [0.15, 0.2) is 0 Å². The maximum atomic E-state index is 6.23. The average Bonchev–Trinajstić information content (AvgIpc) is 2.46. The highest BCUT2D eigenvalue weighted by Crippen LogP contribution is 2.29. The first-order valence-corrected chi connectivity index (χ1v) is 8.22. The van der Waals surface area contributed by atoms with Crippen molar-refractivity contribution < 1.29 is 9.47 Å². The molecule has 0 radical (unpaired) electrons. The fourth-order valence-corrected chi connectivity index (χ4v) is 3.21. The summed E-state index contributed by atoms with van der Waals surface area (Å²) in [5.41, 5.74) is 1.17. The molecule has 2 nitrogen and oxygen atoms in total. The second-order valence-corrected chi connectivity index (χ2v) is 6.06. The van der Waals surface area contributed by atoms with Gasteiger partial charge in [0.1, 0.15) is 0 Å². The lowest BCUT2D eigenvalue weighted by atomic mass is 9.94. The normalized spacial score (nSPS) is 25.2. The van der Waals surface area contributed by atoms with Gasteiger partial charge in [0.25, 0.3) is 0 Å². The average molecular weight is 348 g/mol. The van der Waals surface area contributed by atoms with Gasteiger partial charge in [-0.3, -0.25) is 0 Å². The monoisotopic (exact) mass is 346 g/mol. The first-order chi connectivity index (χ1) is 9.22. The van der Waals surface area contributed by atoms with Crippen molar-refractivity contribution >= 4 is 27.5 Å². The minimum absolute atomic E-state index is 0.0814. The van der Waals surface area contributed by atoms with E-state index in [1.54, 1.807) is 7.11 Å². The number of ether oxygens (including phenoxy) is 2. The van der Waals surface area contributed by atoms with Gasteiger partial charge in [0, 0.05) is 17.5 Å². The van der Waals surface area contributed by atoms with Crippen LogP contribution in [0.4, 0.5) is 0 Å². The number of methoxy groups -OCH3 is 1. The highest BCUT2D eigenvalue weighted by Gasteiger charge is 2.25. The Morgan fingerprint density at radius 3 is 2.58 bits per heavy atom. The van der Waals surface area contributed by atoms with Crippen molar-refractivity contribution in [3.05, 3.63) is 34.9 Å². The maximum Gasteiger partial charge on any atom is 0.0925 e. The molecule has 0 spiro atoms. The lowest BCUT2D eigenvalue weighted by molar-refractivity contribution is -0.0584. The Balaban J connectivity index is 1.96. The number of rotatable bonds is 5. The van der Waals surface area contributed by atoms with Crippen molar-refractivity contribution in [2.75, 3.05) is 12.4 Å². The molecule has 1 fully saturated rings. The van der Waals surface area contributed by atoms with Gasteiger partial charge in [-0.15, -0.1) is 0 Å². The molecule has 0 saturated heterocycles. The van der Waals surface area contributed by atoms with Crippen LogP contribution in [0.5, 0.6) is 0 Å². The summed E-state index contributed by atoms with van der Waals surface area (Å²) in [6, 6.07) is 7.89. The summed E-state index contributed by atoms with van der Waals surface area (Å²) in [4.78, 5) is 0. The molecule has 1 saturated carbocycles. The van der Waals surface area contributed by atoms with Crippen LogP contribution in [0, 0.1) is 0 Å². The number of alkyl halides is 1. The summed E-state index contributed by atoms with van der Waals surface area (Å²) in [6.07, 6.45) is 5.16. The Morgan fingerprint density at radius 1 is 1.26 bits per heavy atom. The van der Waals surface area contributed by atoms with Gasteiger partial charge in [-0.05, 0) is 43.4 Å². The molecule has 1 aromatic rings. The predicted octanol–water partition coefficient (Wildman–Crippen LogP) is 4.75. The molecule has 1 aliphatic carbocycles. The summed E-state index contributed by atoms with van der Waals surface area (Å²) in [5, 5.41) is 1.55. The summed E-state index contributed by atoms with van der Waals surface area (Å²) >= 11 is 9.46. The maximum absolute atomic E-state index is 6.23. The molecule has 0 N–H and O–H groups in total. The van der Waals surface area contributed by atoms with Crippen molar-refractivity contribution in [3.63, 3.8) is 0 Å². The molecule has 4 heteroatoms. The van der Waals surface area contributed by atoms with Crippen molar-refractivity contribution in [2.45, 2.75) is 44.0 Å². The van der Waals surface area contributed by atoms with Crippen LogP contribution in [0.2, 0.25) is 5.02 Å². The molecule has 0 heterocycles. The third-order valence-corrected chi connectivity index (χ3v) is 4.49. The molecule has 3 atom stereocenters. The minimum atomic E-state index is 0.0814. The van der Waals surface area contributed by atoms with E-state index in [0.29, 0.717) is 6.10 Å². The van der Waals surface area contributed by atoms with Crippen LogP contribution in [0.1, 0.15) is 37.4 Å². The van der Waals surface area contributed by atoms with Crippen molar-refractivity contribution in [1.82, 2.24) is 0 Å². The molecule has 0 aliphatic heterocycles. The van der Waals surface area contributed by atoms with E-state index in [9.17, 15) is 0 Å². The van der Waals surface area contributed by atoms with Gasteiger partial charge in [0.05, 0.1) is 18.3 Å². The first kappa shape index (κ1) is 15.3. The molecule has 1 aromatic carbocycles. The van der Waals surface area contributed by atoms with Crippen LogP contribution in [-0.4, -0.2) is 24.6 Å². The third kappa shape index (κ3) is 4.45. The van der Waals surface area contributed by atoms with Crippen molar-refractivity contribution in [1.29, 1.82) is 0 Å². The molecule has 106 valence electrons. The zero-order chi connectivity index (χ0) is 13.7. The molecule has 3 unspecified atom stereocenters. The van der Waals surface area contributed by atoms with E-state index >= 15 is 0 Å². The minimum Gasteiger partial charge on any atom is -0.381 e. The summed E-state index contributed by atoms with van der Waals surface area (Å²) < 4.78 is 11.7. The third-order valence-electron chi connectivity index (χ3n) is 3.65. The number of benzene rings is 1. The van der Waals surface area contributed by atoms with E-state index in [1.165, 1.54) is 12.0 Å². The number of halogens is 2. The van der Waals surface area contributed by atoms with Gasteiger partial charge < -0.3 is 9.47 Å².